The van der Waals surface area contributed by atoms with Crippen LogP contribution < -0.4 is 5.32 Å². The van der Waals surface area contributed by atoms with Crippen LogP contribution in [0.2, 0.25) is 0 Å². The molecular formula is C20H19N5O2. The van der Waals surface area contributed by atoms with E-state index in [9.17, 15) is 4.79 Å². The van der Waals surface area contributed by atoms with Crippen LogP contribution in [0.3, 0.4) is 0 Å². The maximum atomic E-state index is 12.1. The first-order chi connectivity index (χ1) is 13.2. The zero-order valence-electron chi connectivity index (χ0n) is 14.8. The molecule has 136 valence electrons. The molecule has 27 heavy (non-hydrogen) atoms. The van der Waals surface area contributed by atoms with E-state index in [0.29, 0.717) is 23.8 Å². The Morgan fingerprint density at radius 2 is 2.19 bits per heavy atom. The summed E-state index contributed by atoms with van der Waals surface area (Å²) in [6.07, 6.45) is 7.86. The maximum absolute atomic E-state index is 12.1. The molecule has 0 saturated carbocycles. The van der Waals surface area contributed by atoms with Crippen molar-refractivity contribution in [3.05, 3.63) is 66.3 Å². The number of nitrogens with zero attached hydrogens (tertiary/aromatic N) is 2. The minimum atomic E-state index is -0.416. The normalized spacial score (nSPS) is 10.7. The van der Waals surface area contributed by atoms with Crippen LogP contribution in [0.4, 0.5) is 11.5 Å². The Bertz CT molecular complexity index is 978. The van der Waals surface area contributed by atoms with E-state index in [-0.39, 0.29) is 0 Å². The Morgan fingerprint density at radius 1 is 1.30 bits per heavy atom. The lowest BCUT2D eigenvalue weighted by atomic mass is 10.1. The van der Waals surface area contributed by atoms with Crippen molar-refractivity contribution in [2.75, 3.05) is 11.9 Å². The van der Waals surface area contributed by atoms with Crippen LogP contribution in [0.15, 0.2) is 54.9 Å². The van der Waals surface area contributed by atoms with Gasteiger partial charge in [-0.3, -0.25) is 0 Å². The summed E-state index contributed by atoms with van der Waals surface area (Å²) < 4.78 is 5.08. The number of aromatic nitrogens is 3. The molecular weight excluding hydrogens is 342 g/mol. The van der Waals surface area contributed by atoms with Crippen molar-refractivity contribution in [2.24, 2.45) is 0 Å². The van der Waals surface area contributed by atoms with E-state index < -0.39 is 5.97 Å². The van der Waals surface area contributed by atoms with Crippen molar-refractivity contribution in [3.63, 3.8) is 0 Å². The molecule has 3 N–H and O–H groups in total. The Balaban J connectivity index is 1.85. The molecule has 0 aliphatic heterocycles. The number of pyridine rings is 1. The Kier molecular flexibility index (Phi) is 5.73. The number of nitrogens with one attached hydrogen (secondary N) is 3. The Morgan fingerprint density at radius 3 is 3.00 bits per heavy atom. The Labute approximate surface area is 156 Å². The highest BCUT2D eigenvalue weighted by atomic mass is 16.5. The highest BCUT2D eigenvalue weighted by Crippen LogP contribution is 2.24. The molecule has 2 aromatic heterocycles. The van der Waals surface area contributed by atoms with Crippen molar-refractivity contribution in [1.82, 2.24) is 15.0 Å². The molecule has 7 heteroatoms. The number of rotatable bonds is 7. The predicted molar refractivity (Wildman–Crippen MR) is 105 cm³/mol. The van der Waals surface area contributed by atoms with Gasteiger partial charge in [-0.25, -0.2) is 14.8 Å². The molecule has 7 nitrogen and oxygen atoms in total. The van der Waals surface area contributed by atoms with Crippen LogP contribution >= 0.6 is 0 Å². The standard InChI is InChI=1S/C20H19N5O2/c1-2-27-20(26)16-8-5-11-22-19(16)24-15-7-3-6-14(12-15)17-13-23-18(25-17)9-4-10-21/h3-13,21H,2H2,1H3,(H,22,24)(H,23,25)/b9-4-,21-10?. The second-order valence-electron chi connectivity index (χ2n) is 5.53. The van der Waals surface area contributed by atoms with E-state index >= 15 is 0 Å². The highest BCUT2D eigenvalue weighted by molar-refractivity contribution is 5.95. The molecule has 2 heterocycles. The van der Waals surface area contributed by atoms with E-state index in [4.69, 9.17) is 10.1 Å². The predicted octanol–water partition coefficient (Wildman–Crippen LogP) is 4.05. The summed E-state index contributed by atoms with van der Waals surface area (Å²) in [5, 5.41) is 10.2. The third kappa shape index (κ3) is 4.46. The zero-order chi connectivity index (χ0) is 19.1. The van der Waals surface area contributed by atoms with Crippen LogP contribution in [0.25, 0.3) is 17.3 Å². The SMILES string of the molecule is CCOC(=O)c1cccnc1Nc1cccc(-c2cnc(/C=C\C=N)[nH]2)c1. The summed E-state index contributed by atoms with van der Waals surface area (Å²) in [5.41, 5.74) is 2.93. The molecule has 3 aromatic rings. The van der Waals surface area contributed by atoms with Crippen molar-refractivity contribution in [1.29, 1.82) is 5.41 Å². The number of ether oxygens (including phenoxy) is 1. The molecule has 0 bridgehead atoms. The zero-order valence-corrected chi connectivity index (χ0v) is 14.8. The fraction of sp³-hybridized carbons (Fsp3) is 0.100. The highest BCUT2D eigenvalue weighted by Gasteiger charge is 2.13. The molecule has 0 atom stereocenters. The number of esters is 1. The van der Waals surface area contributed by atoms with Gasteiger partial charge in [-0.1, -0.05) is 12.1 Å². The number of hydrogen-bond donors (Lipinski definition) is 3. The van der Waals surface area contributed by atoms with Crippen LogP contribution in [0, 0.1) is 5.41 Å². The fourth-order valence-electron chi connectivity index (χ4n) is 2.49. The molecule has 0 amide bonds. The van der Waals surface area contributed by atoms with Gasteiger partial charge in [-0.05, 0) is 43.3 Å². The summed E-state index contributed by atoms with van der Waals surface area (Å²) in [7, 11) is 0. The lowest BCUT2D eigenvalue weighted by molar-refractivity contribution is 0.0527. The van der Waals surface area contributed by atoms with Gasteiger partial charge in [0, 0.05) is 23.7 Å². The van der Waals surface area contributed by atoms with Crippen molar-refractivity contribution in [2.45, 2.75) is 6.92 Å². The van der Waals surface area contributed by atoms with Gasteiger partial charge in [0.05, 0.1) is 18.5 Å². The molecule has 0 spiro atoms. The minimum absolute atomic E-state index is 0.303. The van der Waals surface area contributed by atoms with Crippen LogP contribution in [-0.4, -0.2) is 33.7 Å². The van der Waals surface area contributed by atoms with E-state index in [2.05, 4.69) is 20.3 Å². The molecule has 1 aromatic carbocycles. The number of carbonyl (C=O) groups excluding carboxylic acids is 1. The molecule has 0 radical (unpaired) electrons. The minimum Gasteiger partial charge on any atom is -0.462 e. The average Bonchev–Trinajstić information content (AvgIpc) is 3.16. The third-order valence-corrected chi connectivity index (χ3v) is 3.69. The number of anilines is 2. The molecule has 0 saturated heterocycles. The summed E-state index contributed by atoms with van der Waals surface area (Å²) in [6.45, 7) is 2.07. The first kappa shape index (κ1) is 18.1. The second kappa shape index (κ2) is 8.57. The summed E-state index contributed by atoms with van der Waals surface area (Å²) in [4.78, 5) is 23.8. The number of hydrogen-bond acceptors (Lipinski definition) is 6. The van der Waals surface area contributed by atoms with Gasteiger partial charge in [0.15, 0.2) is 0 Å². The smallest absolute Gasteiger partial charge is 0.341 e. The van der Waals surface area contributed by atoms with Gasteiger partial charge in [0.2, 0.25) is 0 Å². The second-order valence-corrected chi connectivity index (χ2v) is 5.53. The first-order valence-electron chi connectivity index (χ1n) is 8.43. The summed E-state index contributed by atoms with van der Waals surface area (Å²) in [6, 6.07) is 11.0. The number of imidazole rings is 1. The topological polar surface area (TPSA) is 104 Å². The summed E-state index contributed by atoms with van der Waals surface area (Å²) >= 11 is 0. The number of H-pyrrole nitrogens is 1. The largest absolute Gasteiger partial charge is 0.462 e. The monoisotopic (exact) mass is 361 g/mol. The van der Waals surface area contributed by atoms with Crippen LogP contribution in [0.5, 0.6) is 0 Å². The van der Waals surface area contributed by atoms with E-state index in [1.54, 1.807) is 43.6 Å². The molecule has 0 aliphatic rings. The number of carbonyl (C=O) groups is 1. The Hall–Kier alpha value is -3.74. The number of allylic oxidation sites excluding steroid dienone is 1. The van der Waals surface area contributed by atoms with Gasteiger partial charge in [-0.2, -0.15) is 0 Å². The number of benzene rings is 1. The first-order valence-corrected chi connectivity index (χ1v) is 8.43. The average molecular weight is 361 g/mol. The maximum Gasteiger partial charge on any atom is 0.341 e. The molecule has 3 rings (SSSR count). The van der Waals surface area contributed by atoms with Crippen LogP contribution in [-0.2, 0) is 4.74 Å². The third-order valence-electron chi connectivity index (χ3n) is 3.69. The fourth-order valence-corrected chi connectivity index (χ4v) is 2.49. The molecule has 0 fully saturated rings. The van der Waals surface area contributed by atoms with Gasteiger partial charge >= 0.3 is 5.97 Å². The van der Waals surface area contributed by atoms with Crippen molar-refractivity contribution >= 4 is 29.8 Å². The quantitative estimate of drug-likeness (QED) is 0.435. The van der Waals surface area contributed by atoms with E-state index in [0.717, 1.165) is 16.9 Å². The van der Waals surface area contributed by atoms with Gasteiger partial charge < -0.3 is 20.4 Å². The summed E-state index contributed by atoms with van der Waals surface area (Å²) in [5.74, 6) is 0.689. The van der Waals surface area contributed by atoms with E-state index in [1.165, 1.54) is 6.21 Å². The molecule has 0 aliphatic carbocycles. The number of aromatic amines is 1. The van der Waals surface area contributed by atoms with Gasteiger partial charge in [0.1, 0.15) is 17.2 Å². The van der Waals surface area contributed by atoms with Crippen LogP contribution in [0.1, 0.15) is 23.1 Å². The lowest BCUT2D eigenvalue weighted by Crippen LogP contribution is -2.09. The van der Waals surface area contributed by atoms with Gasteiger partial charge in [0.25, 0.3) is 0 Å². The van der Waals surface area contributed by atoms with Crippen molar-refractivity contribution in [3.8, 4) is 11.3 Å². The lowest BCUT2D eigenvalue weighted by Gasteiger charge is -2.11. The van der Waals surface area contributed by atoms with Crippen molar-refractivity contribution < 1.29 is 9.53 Å². The van der Waals surface area contributed by atoms with E-state index in [1.807, 2.05) is 24.3 Å². The molecule has 0 unspecified atom stereocenters. The van der Waals surface area contributed by atoms with Gasteiger partial charge in [-0.15, -0.1) is 0 Å².